The van der Waals surface area contributed by atoms with Crippen molar-refractivity contribution in [2.75, 3.05) is 6.54 Å². The third kappa shape index (κ3) is 0.707. The highest BCUT2D eigenvalue weighted by Crippen LogP contribution is 1.98. The average Bonchev–Trinajstić information content (AvgIpc) is 1.87. The normalized spacial score (nSPS) is 18.9. The fourth-order valence-corrected chi connectivity index (χ4v) is 0.374. The molecule has 3 heteroatoms. The van der Waals surface area contributed by atoms with Gasteiger partial charge in [0.1, 0.15) is 5.76 Å². The highest BCUT2D eigenvalue weighted by molar-refractivity contribution is 5.71. The summed E-state index contributed by atoms with van der Waals surface area (Å²) in [4.78, 5) is 10.1. The van der Waals surface area contributed by atoms with Gasteiger partial charge in [-0.2, -0.15) is 0 Å². The second-order valence-electron chi connectivity index (χ2n) is 1.28. The van der Waals surface area contributed by atoms with Crippen molar-refractivity contribution in [3.8, 4) is 0 Å². The Balaban J connectivity index is 2.55. The van der Waals surface area contributed by atoms with E-state index in [4.69, 9.17) is 0 Å². The Morgan fingerprint density at radius 1 is 1.86 bits per heavy atom. The summed E-state index contributed by atoms with van der Waals surface area (Å²) in [6.07, 6.45) is -0.398. The fourth-order valence-electron chi connectivity index (χ4n) is 0.374. The van der Waals surface area contributed by atoms with E-state index in [2.05, 4.69) is 16.6 Å². The van der Waals surface area contributed by atoms with E-state index in [0.717, 1.165) is 0 Å². The zero-order valence-electron chi connectivity index (χ0n) is 3.73. The average molecular weight is 99.1 g/mol. The molecule has 1 aliphatic heterocycles. The third-order valence-corrected chi connectivity index (χ3v) is 0.667. The third-order valence-electron chi connectivity index (χ3n) is 0.667. The second kappa shape index (κ2) is 1.26. The van der Waals surface area contributed by atoms with Gasteiger partial charge in [0.05, 0.1) is 6.54 Å². The van der Waals surface area contributed by atoms with Crippen LogP contribution in [0.5, 0.6) is 0 Å². The SMILES string of the molecule is C=C1CNC(=O)O1. The Morgan fingerprint density at radius 2 is 2.57 bits per heavy atom. The summed E-state index contributed by atoms with van der Waals surface area (Å²) < 4.78 is 4.42. The molecule has 1 amide bonds. The lowest BCUT2D eigenvalue weighted by molar-refractivity contribution is 0.195. The number of cyclic esters (lactones) is 1. The van der Waals surface area contributed by atoms with Crippen molar-refractivity contribution in [2.45, 2.75) is 0 Å². The fraction of sp³-hybridized carbons (Fsp3) is 0.250. The Bertz CT molecular complexity index is 105. The number of carbonyl (C=O) groups is 1. The maximum Gasteiger partial charge on any atom is 0.412 e. The largest absolute Gasteiger partial charge is 0.414 e. The molecule has 0 bridgehead atoms. The molecule has 0 unspecified atom stereocenters. The van der Waals surface area contributed by atoms with Gasteiger partial charge in [0.15, 0.2) is 0 Å². The van der Waals surface area contributed by atoms with Gasteiger partial charge in [-0.25, -0.2) is 4.79 Å². The van der Waals surface area contributed by atoms with Crippen LogP contribution in [0.25, 0.3) is 0 Å². The van der Waals surface area contributed by atoms with E-state index in [1.807, 2.05) is 0 Å². The number of carbonyl (C=O) groups excluding carboxylic acids is 1. The summed E-state index contributed by atoms with van der Waals surface area (Å²) in [5.74, 6) is 0.491. The van der Waals surface area contributed by atoms with Crippen LogP contribution in [0.1, 0.15) is 0 Å². The molecule has 1 fully saturated rings. The van der Waals surface area contributed by atoms with Crippen molar-refractivity contribution in [3.63, 3.8) is 0 Å². The van der Waals surface area contributed by atoms with Crippen molar-refractivity contribution in [1.29, 1.82) is 0 Å². The molecule has 1 saturated heterocycles. The zero-order valence-corrected chi connectivity index (χ0v) is 3.73. The minimum absolute atomic E-state index is 0.398. The predicted octanol–water partition coefficient (Wildman–Crippen LogP) is 0.240. The summed E-state index contributed by atoms with van der Waals surface area (Å²) in [5, 5.41) is 2.41. The summed E-state index contributed by atoms with van der Waals surface area (Å²) in [6.45, 7) is 3.86. The highest BCUT2D eigenvalue weighted by Gasteiger charge is 2.11. The van der Waals surface area contributed by atoms with E-state index < -0.39 is 6.09 Å². The minimum atomic E-state index is -0.398. The molecule has 7 heavy (non-hydrogen) atoms. The highest BCUT2D eigenvalue weighted by atomic mass is 16.6. The lowest BCUT2D eigenvalue weighted by atomic mass is 10.6. The topological polar surface area (TPSA) is 38.3 Å². The zero-order chi connectivity index (χ0) is 5.28. The van der Waals surface area contributed by atoms with Gasteiger partial charge in [-0.15, -0.1) is 0 Å². The monoisotopic (exact) mass is 99.0 g/mol. The summed E-state index contributed by atoms with van der Waals surface area (Å²) in [5.41, 5.74) is 0. The minimum Gasteiger partial charge on any atom is -0.414 e. The lowest BCUT2D eigenvalue weighted by Gasteiger charge is -1.82. The molecule has 1 aliphatic rings. The molecule has 38 valence electrons. The van der Waals surface area contributed by atoms with Crippen LogP contribution in [0.4, 0.5) is 4.79 Å². The first-order valence-corrected chi connectivity index (χ1v) is 1.92. The molecule has 0 spiro atoms. The van der Waals surface area contributed by atoms with E-state index in [-0.39, 0.29) is 0 Å². The molecule has 0 aromatic heterocycles. The van der Waals surface area contributed by atoms with E-state index in [0.29, 0.717) is 12.3 Å². The summed E-state index contributed by atoms with van der Waals surface area (Å²) >= 11 is 0. The molecule has 1 heterocycles. The van der Waals surface area contributed by atoms with Crippen LogP contribution < -0.4 is 5.32 Å². The van der Waals surface area contributed by atoms with Crippen LogP contribution in [0.3, 0.4) is 0 Å². The Kier molecular flexibility index (Phi) is 0.749. The van der Waals surface area contributed by atoms with Crippen LogP contribution in [0.15, 0.2) is 12.3 Å². The molecule has 1 N–H and O–H groups in total. The van der Waals surface area contributed by atoms with E-state index in [9.17, 15) is 4.79 Å². The smallest absolute Gasteiger partial charge is 0.412 e. The molecule has 0 atom stereocenters. The van der Waals surface area contributed by atoms with Crippen LogP contribution in [0, 0.1) is 0 Å². The van der Waals surface area contributed by atoms with Gasteiger partial charge in [-0.1, -0.05) is 6.58 Å². The number of nitrogens with one attached hydrogen (secondary N) is 1. The van der Waals surface area contributed by atoms with Gasteiger partial charge in [0, 0.05) is 0 Å². The van der Waals surface area contributed by atoms with Gasteiger partial charge in [0.25, 0.3) is 0 Å². The predicted molar refractivity (Wildman–Crippen MR) is 23.6 cm³/mol. The first-order chi connectivity index (χ1) is 3.29. The first kappa shape index (κ1) is 4.18. The number of amides is 1. The van der Waals surface area contributed by atoms with Gasteiger partial charge >= 0.3 is 6.09 Å². The molecule has 0 aromatic rings. The molecule has 1 rings (SSSR count). The number of hydrogen-bond acceptors (Lipinski definition) is 2. The molecule has 0 saturated carbocycles. The van der Waals surface area contributed by atoms with Crippen LogP contribution >= 0.6 is 0 Å². The van der Waals surface area contributed by atoms with Crippen molar-refractivity contribution < 1.29 is 9.53 Å². The summed E-state index contributed by atoms with van der Waals surface area (Å²) in [6, 6.07) is 0. The van der Waals surface area contributed by atoms with Gasteiger partial charge < -0.3 is 10.1 Å². The standard InChI is InChI=1S/C4H5NO2/c1-3-2-5-4(6)7-3/h1-2H2,(H,5,6). The Labute approximate surface area is 41.0 Å². The van der Waals surface area contributed by atoms with E-state index in [1.54, 1.807) is 0 Å². The van der Waals surface area contributed by atoms with Gasteiger partial charge in [-0.05, 0) is 0 Å². The lowest BCUT2D eigenvalue weighted by Crippen LogP contribution is -2.11. The number of hydrogen-bond donors (Lipinski definition) is 1. The molecular formula is C4H5NO2. The Morgan fingerprint density at radius 3 is 2.71 bits per heavy atom. The maximum absolute atomic E-state index is 10.1. The molecule has 3 nitrogen and oxygen atoms in total. The molecular weight excluding hydrogens is 94.0 g/mol. The number of rotatable bonds is 0. The first-order valence-electron chi connectivity index (χ1n) is 1.92. The molecule has 0 radical (unpaired) electrons. The van der Waals surface area contributed by atoms with Crippen molar-refractivity contribution in [1.82, 2.24) is 5.32 Å². The van der Waals surface area contributed by atoms with Crippen LogP contribution in [-0.4, -0.2) is 12.6 Å². The maximum atomic E-state index is 10.1. The number of alkyl carbamates (subject to hydrolysis) is 1. The Hall–Kier alpha value is -0.990. The van der Waals surface area contributed by atoms with E-state index >= 15 is 0 Å². The van der Waals surface area contributed by atoms with Crippen LogP contribution in [-0.2, 0) is 4.74 Å². The van der Waals surface area contributed by atoms with Gasteiger partial charge in [-0.3, -0.25) is 0 Å². The van der Waals surface area contributed by atoms with E-state index in [1.165, 1.54) is 0 Å². The molecule has 0 aromatic carbocycles. The van der Waals surface area contributed by atoms with Crippen molar-refractivity contribution in [3.05, 3.63) is 12.3 Å². The van der Waals surface area contributed by atoms with Crippen molar-refractivity contribution >= 4 is 6.09 Å². The second-order valence-corrected chi connectivity index (χ2v) is 1.28. The number of ether oxygens (including phenoxy) is 1. The molecule has 0 aliphatic carbocycles. The van der Waals surface area contributed by atoms with Crippen molar-refractivity contribution in [2.24, 2.45) is 0 Å². The quantitative estimate of drug-likeness (QED) is 0.472. The van der Waals surface area contributed by atoms with Crippen LogP contribution in [0.2, 0.25) is 0 Å². The summed E-state index contributed by atoms with van der Waals surface area (Å²) in [7, 11) is 0. The van der Waals surface area contributed by atoms with Gasteiger partial charge in [0.2, 0.25) is 0 Å².